The number of phenols is 4. The maximum Gasteiger partial charge on any atom is 0.200 e. The van der Waals surface area contributed by atoms with E-state index in [9.17, 15) is 25.5 Å². The van der Waals surface area contributed by atoms with Gasteiger partial charge >= 0.3 is 0 Å². The van der Waals surface area contributed by atoms with Crippen LogP contribution in [0.3, 0.4) is 0 Å². The van der Waals surface area contributed by atoms with Crippen LogP contribution in [0.15, 0.2) is 24.3 Å². The fourth-order valence-electron chi connectivity index (χ4n) is 3.52. The number of aromatic hydroxyl groups is 4. The molecule has 0 radical (unpaired) electrons. The molecule has 2 aromatic carbocycles. The maximum atomic E-state index is 10.9. The SMILES string of the molecule is O.Oc1cc2c(cc1O)[C@H]1c3ccc(O)c(O)c3OC[C@@]1(O)C2. The van der Waals surface area contributed by atoms with Crippen molar-refractivity contribution in [1.82, 2.24) is 0 Å². The van der Waals surface area contributed by atoms with Crippen molar-refractivity contribution in [2.24, 2.45) is 0 Å². The van der Waals surface area contributed by atoms with Crippen molar-refractivity contribution in [1.29, 1.82) is 0 Å². The summed E-state index contributed by atoms with van der Waals surface area (Å²) in [6, 6.07) is 5.77. The number of ether oxygens (including phenoxy) is 1. The zero-order valence-electron chi connectivity index (χ0n) is 11.9. The number of rotatable bonds is 0. The van der Waals surface area contributed by atoms with Gasteiger partial charge in [-0.2, -0.15) is 0 Å². The monoisotopic (exact) mass is 320 g/mol. The molecule has 2 aromatic rings. The minimum atomic E-state index is -1.22. The summed E-state index contributed by atoms with van der Waals surface area (Å²) in [5.41, 5.74) is 0.700. The van der Waals surface area contributed by atoms with Gasteiger partial charge in [0.25, 0.3) is 0 Å². The minimum absolute atomic E-state index is 0. The van der Waals surface area contributed by atoms with Crippen molar-refractivity contribution in [2.45, 2.75) is 17.9 Å². The van der Waals surface area contributed by atoms with Crippen LogP contribution < -0.4 is 4.74 Å². The molecule has 7 N–H and O–H groups in total. The van der Waals surface area contributed by atoms with E-state index in [1.54, 1.807) is 6.07 Å². The largest absolute Gasteiger partial charge is 0.504 e. The molecule has 1 aliphatic heterocycles. The van der Waals surface area contributed by atoms with Crippen LogP contribution in [0.5, 0.6) is 28.7 Å². The number of phenolic OH excluding ortho intramolecular Hbond substituents is 4. The average molecular weight is 320 g/mol. The van der Waals surface area contributed by atoms with E-state index in [0.29, 0.717) is 16.7 Å². The lowest BCUT2D eigenvalue weighted by Crippen LogP contribution is -2.43. The molecule has 2 atom stereocenters. The Balaban J connectivity index is 0.00000156. The summed E-state index contributed by atoms with van der Waals surface area (Å²) >= 11 is 0. The molecule has 0 unspecified atom stereocenters. The highest BCUT2D eigenvalue weighted by Gasteiger charge is 2.51. The molecule has 0 amide bonds. The number of benzene rings is 2. The van der Waals surface area contributed by atoms with Crippen molar-refractivity contribution >= 4 is 0 Å². The molecule has 1 aliphatic carbocycles. The normalized spacial score (nSPS) is 24.0. The van der Waals surface area contributed by atoms with Gasteiger partial charge in [-0.25, -0.2) is 0 Å². The predicted octanol–water partition coefficient (Wildman–Crippen LogP) is 0.496. The Bertz CT molecular complexity index is 802. The van der Waals surface area contributed by atoms with Crippen molar-refractivity contribution in [3.63, 3.8) is 0 Å². The summed E-state index contributed by atoms with van der Waals surface area (Å²) in [6.45, 7) is -0.0577. The fraction of sp³-hybridized carbons (Fsp3) is 0.250. The van der Waals surface area contributed by atoms with Crippen LogP contribution in [0.1, 0.15) is 22.6 Å². The highest BCUT2D eigenvalue weighted by atomic mass is 16.5. The lowest BCUT2D eigenvalue weighted by Gasteiger charge is -2.36. The zero-order chi connectivity index (χ0) is 15.6. The van der Waals surface area contributed by atoms with Gasteiger partial charge in [-0.1, -0.05) is 6.07 Å². The lowest BCUT2D eigenvalue weighted by atomic mass is 9.80. The number of hydrogen-bond donors (Lipinski definition) is 5. The Kier molecular flexibility index (Phi) is 3.10. The quantitative estimate of drug-likeness (QED) is 0.447. The van der Waals surface area contributed by atoms with E-state index in [1.165, 1.54) is 18.2 Å². The second-order valence-corrected chi connectivity index (χ2v) is 5.89. The summed E-state index contributed by atoms with van der Waals surface area (Å²) in [5.74, 6) is -1.54. The van der Waals surface area contributed by atoms with E-state index in [0.717, 1.165) is 0 Å². The standard InChI is InChI=1S/C16H14O6.H2O/c17-10-2-1-8-13-9-4-12(19)11(18)3-7(9)5-16(13,21)6-22-15(8)14(10)20;/h1-4,13,17-21H,5-6H2;1H2/t13-,16+;/m1./s1. The first-order valence-corrected chi connectivity index (χ1v) is 6.85. The zero-order valence-corrected chi connectivity index (χ0v) is 11.9. The van der Waals surface area contributed by atoms with Crippen LogP contribution in [-0.4, -0.2) is 43.2 Å². The smallest absolute Gasteiger partial charge is 0.200 e. The molecule has 7 nitrogen and oxygen atoms in total. The molecule has 2 aliphatic rings. The summed E-state index contributed by atoms with van der Waals surface area (Å²) < 4.78 is 5.46. The first kappa shape index (κ1) is 15.3. The van der Waals surface area contributed by atoms with Gasteiger partial charge < -0.3 is 35.7 Å². The Morgan fingerprint density at radius 2 is 1.65 bits per heavy atom. The van der Waals surface area contributed by atoms with Gasteiger partial charge in [-0.05, 0) is 29.3 Å². The Morgan fingerprint density at radius 1 is 0.957 bits per heavy atom. The van der Waals surface area contributed by atoms with Gasteiger partial charge in [0.15, 0.2) is 23.0 Å². The predicted molar refractivity (Wildman–Crippen MR) is 79.1 cm³/mol. The summed E-state index contributed by atoms with van der Waals surface area (Å²) in [5, 5.41) is 49.8. The molecule has 1 heterocycles. The van der Waals surface area contributed by atoms with Crippen LogP contribution in [0.4, 0.5) is 0 Å². The third kappa shape index (κ3) is 1.90. The first-order valence-electron chi connectivity index (χ1n) is 6.85. The van der Waals surface area contributed by atoms with Crippen LogP contribution in [0.25, 0.3) is 0 Å². The van der Waals surface area contributed by atoms with Gasteiger partial charge in [-0.15, -0.1) is 0 Å². The maximum absolute atomic E-state index is 10.9. The van der Waals surface area contributed by atoms with E-state index in [1.807, 2.05) is 0 Å². The van der Waals surface area contributed by atoms with E-state index in [4.69, 9.17) is 4.74 Å². The third-order valence-electron chi connectivity index (χ3n) is 4.50. The van der Waals surface area contributed by atoms with Crippen LogP contribution in [-0.2, 0) is 6.42 Å². The molecule has 4 rings (SSSR count). The van der Waals surface area contributed by atoms with E-state index >= 15 is 0 Å². The van der Waals surface area contributed by atoms with Crippen molar-refractivity contribution in [3.8, 4) is 28.7 Å². The number of aliphatic hydroxyl groups is 1. The first-order chi connectivity index (χ1) is 10.4. The van der Waals surface area contributed by atoms with Gasteiger partial charge in [0.05, 0.1) is 0 Å². The molecule has 0 fully saturated rings. The summed E-state index contributed by atoms with van der Waals surface area (Å²) in [7, 11) is 0. The highest BCUT2D eigenvalue weighted by molar-refractivity contribution is 5.63. The number of hydrogen-bond acceptors (Lipinski definition) is 6. The van der Waals surface area contributed by atoms with Gasteiger partial charge in [0, 0.05) is 17.9 Å². The van der Waals surface area contributed by atoms with E-state index in [2.05, 4.69) is 0 Å². The average Bonchev–Trinajstić information content (AvgIpc) is 2.75. The Hall–Kier alpha value is -2.64. The van der Waals surface area contributed by atoms with E-state index in [-0.39, 0.29) is 47.3 Å². The third-order valence-corrected chi connectivity index (χ3v) is 4.50. The molecule has 23 heavy (non-hydrogen) atoms. The molecular weight excluding hydrogens is 304 g/mol. The topological polar surface area (TPSA) is 142 Å². The minimum Gasteiger partial charge on any atom is -0.504 e. The molecule has 0 saturated heterocycles. The summed E-state index contributed by atoms with van der Waals surface area (Å²) in [4.78, 5) is 0. The lowest BCUT2D eigenvalue weighted by molar-refractivity contribution is -0.0228. The van der Waals surface area contributed by atoms with E-state index < -0.39 is 11.5 Å². The second kappa shape index (κ2) is 4.68. The van der Waals surface area contributed by atoms with Crippen LogP contribution in [0.2, 0.25) is 0 Å². The fourth-order valence-corrected chi connectivity index (χ4v) is 3.52. The molecule has 122 valence electrons. The van der Waals surface area contributed by atoms with Crippen molar-refractivity contribution in [3.05, 3.63) is 41.0 Å². The van der Waals surface area contributed by atoms with Gasteiger partial charge in [0.2, 0.25) is 5.75 Å². The number of fused-ring (bicyclic) bond motifs is 5. The molecular formula is C16H16O7. The highest BCUT2D eigenvalue weighted by Crippen LogP contribution is 2.55. The molecule has 0 saturated carbocycles. The molecule has 0 aromatic heterocycles. The Morgan fingerprint density at radius 3 is 2.39 bits per heavy atom. The second-order valence-electron chi connectivity index (χ2n) is 5.89. The van der Waals surface area contributed by atoms with Gasteiger partial charge in [0.1, 0.15) is 12.2 Å². The Labute approximate surface area is 131 Å². The molecule has 7 heteroatoms. The van der Waals surface area contributed by atoms with Gasteiger partial charge in [-0.3, -0.25) is 0 Å². The summed E-state index contributed by atoms with van der Waals surface area (Å²) in [6.07, 6.45) is 0.266. The van der Waals surface area contributed by atoms with Crippen LogP contribution in [0, 0.1) is 0 Å². The molecule has 0 spiro atoms. The van der Waals surface area contributed by atoms with Crippen LogP contribution >= 0.6 is 0 Å². The molecule has 0 bridgehead atoms. The van der Waals surface area contributed by atoms with Crippen molar-refractivity contribution in [2.75, 3.05) is 6.61 Å². The van der Waals surface area contributed by atoms with Crippen molar-refractivity contribution < 1.29 is 35.7 Å².